The Morgan fingerprint density at radius 2 is 0.968 bits per heavy atom. The Hall–Kier alpha value is -2.64. The molecule has 0 amide bonds. The highest BCUT2D eigenvalue weighted by Gasteiger charge is 2.53. The quantitative estimate of drug-likeness (QED) is 0.306. The molecule has 0 saturated heterocycles. The summed E-state index contributed by atoms with van der Waals surface area (Å²) < 4.78 is 10.7. The second kappa shape index (κ2) is 8.85. The first-order valence-corrected chi connectivity index (χ1v) is 11.0. The summed E-state index contributed by atoms with van der Waals surface area (Å²) in [5.74, 6) is -5.65. The lowest BCUT2D eigenvalue weighted by Crippen LogP contribution is -2.34. The van der Waals surface area contributed by atoms with Crippen LogP contribution in [0.25, 0.3) is 0 Å². The van der Waals surface area contributed by atoms with E-state index in [1.807, 2.05) is 24.3 Å². The number of hydrogen-bond donors (Lipinski definition) is 2. The fraction of sp³-hybridized carbons (Fsp3) is 0.652. The standard InChI is InChI=1S/C23H28O8/c24-20(25)16-12-4-6-14(10-12)18(16)22(28)30-8-2-1-3-9-31-23(29)19-15-7-5-13(11-15)17(19)21(26)27/h4-7,12-19H,1-3,8-11H2,(H,24,25)(H,26,27). The van der Waals surface area contributed by atoms with Crippen LogP contribution in [0, 0.1) is 47.3 Å². The summed E-state index contributed by atoms with van der Waals surface area (Å²) in [5, 5.41) is 18.8. The predicted octanol–water partition coefficient (Wildman–Crippen LogP) is 2.29. The number of hydrogen-bond acceptors (Lipinski definition) is 6. The maximum atomic E-state index is 12.4. The zero-order valence-electron chi connectivity index (χ0n) is 17.2. The largest absolute Gasteiger partial charge is 0.481 e. The van der Waals surface area contributed by atoms with Crippen LogP contribution in [0.3, 0.4) is 0 Å². The van der Waals surface area contributed by atoms with Gasteiger partial charge in [0.05, 0.1) is 36.9 Å². The maximum Gasteiger partial charge on any atom is 0.310 e. The smallest absolute Gasteiger partial charge is 0.310 e. The number of carbonyl (C=O) groups excluding carboxylic acids is 2. The van der Waals surface area contributed by atoms with Crippen LogP contribution in [0.5, 0.6) is 0 Å². The van der Waals surface area contributed by atoms with Crippen molar-refractivity contribution < 1.29 is 38.9 Å². The first-order valence-electron chi connectivity index (χ1n) is 11.0. The van der Waals surface area contributed by atoms with Crippen LogP contribution in [-0.2, 0) is 28.7 Å². The highest BCUT2D eigenvalue weighted by Crippen LogP contribution is 2.49. The van der Waals surface area contributed by atoms with Gasteiger partial charge in [0.15, 0.2) is 0 Å². The van der Waals surface area contributed by atoms with E-state index in [4.69, 9.17) is 9.47 Å². The van der Waals surface area contributed by atoms with Crippen molar-refractivity contribution in [2.24, 2.45) is 47.3 Å². The van der Waals surface area contributed by atoms with Crippen LogP contribution in [-0.4, -0.2) is 47.3 Å². The molecule has 168 valence electrons. The van der Waals surface area contributed by atoms with Crippen molar-refractivity contribution in [3.05, 3.63) is 24.3 Å². The van der Waals surface area contributed by atoms with Crippen LogP contribution in [0.2, 0.25) is 0 Å². The van der Waals surface area contributed by atoms with E-state index in [0.717, 1.165) is 0 Å². The van der Waals surface area contributed by atoms with Crippen LogP contribution in [0.1, 0.15) is 32.1 Å². The molecule has 8 unspecified atom stereocenters. The molecule has 2 saturated carbocycles. The SMILES string of the molecule is O=C(O)C1C2C=CC(C2)C1C(=O)OCCCCCOC(=O)C1C2C=CC(C2)C1C(=O)O. The Balaban J connectivity index is 1.12. The van der Waals surface area contributed by atoms with Crippen molar-refractivity contribution in [2.45, 2.75) is 32.1 Å². The van der Waals surface area contributed by atoms with Crippen LogP contribution in [0.15, 0.2) is 24.3 Å². The summed E-state index contributed by atoms with van der Waals surface area (Å²) in [5.41, 5.74) is 0. The highest BCUT2D eigenvalue weighted by molar-refractivity contribution is 5.84. The van der Waals surface area contributed by atoms with Crippen LogP contribution >= 0.6 is 0 Å². The second-order valence-corrected chi connectivity index (χ2v) is 9.07. The molecular weight excluding hydrogens is 404 g/mol. The topological polar surface area (TPSA) is 127 Å². The van der Waals surface area contributed by atoms with E-state index in [-0.39, 0.29) is 36.9 Å². The zero-order valence-corrected chi connectivity index (χ0v) is 17.2. The molecule has 0 heterocycles. The Bertz CT molecular complexity index is 748. The lowest BCUT2D eigenvalue weighted by Gasteiger charge is -2.23. The fourth-order valence-electron chi connectivity index (χ4n) is 5.88. The number of fused-ring (bicyclic) bond motifs is 4. The molecule has 4 rings (SSSR count). The number of aliphatic carboxylic acids is 2. The minimum Gasteiger partial charge on any atom is -0.481 e. The van der Waals surface area contributed by atoms with Gasteiger partial charge in [-0.2, -0.15) is 0 Å². The Kier molecular flexibility index (Phi) is 6.16. The number of allylic oxidation sites excluding steroid dienone is 4. The molecule has 0 radical (unpaired) electrons. The van der Waals surface area contributed by atoms with Gasteiger partial charge in [-0.1, -0.05) is 24.3 Å². The number of carboxylic acid groups (broad SMARTS) is 2. The Labute approximate surface area is 180 Å². The third-order valence-electron chi connectivity index (χ3n) is 7.31. The van der Waals surface area contributed by atoms with E-state index < -0.39 is 47.5 Å². The molecule has 2 N–H and O–H groups in total. The number of rotatable bonds is 10. The van der Waals surface area contributed by atoms with Crippen molar-refractivity contribution in [1.29, 1.82) is 0 Å². The maximum absolute atomic E-state index is 12.4. The van der Waals surface area contributed by atoms with Gasteiger partial charge in [-0.05, 0) is 55.8 Å². The summed E-state index contributed by atoms with van der Waals surface area (Å²) in [7, 11) is 0. The second-order valence-electron chi connectivity index (χ2n) is 9.07. The van der Waals surface area contributed by atoms with E-state index in [2.05, 4.69) is 0 Å². The molecule has 8 nitrogen and oxygen atoms in total. The molecule has 4 bridgehead atoms. The van der Waals surface area contributed by atoms with Gasteiger partial charge in [-0.15, -0.1) is 0 Å². The van der Waals surface area contributed by atoms with Crippen molar-refractivity contribution in [2.75, 3.05) is 13.2 Å². The molecular formula is C23H28O8. The molecule has 0 aromatic rings. The lowest BCUT2D eigenvalue weighted by molar-refractivity contribution is -0.158. The average Bonchev–Trinajstić information content (AvgIpc) is 3.51. The molecule has 8 heteroatoms. The van der Waals surface area contributed by atoms with Gasteiger partial charge in [0.25, 0.3) is 0 Å². The summed E-state index contributed by atoms with van der Waals surface area (Å²) in [4.78, 5) is 47.7. The van der Waals surface area contributed by atoms with Gasteiger partial charge in [-0.3, -0.25) is 19.2 Å². The summed E-state index contributed by atoms with van der Waals surface area (Å²) in [6, 6.07) is 0. The van der Waals surface area contributed by atoms with Crippen molar-refractivity contribution in [3.8, 4) is 0 Å². The number of ether oxygens (including phenoxy) is 2. The summed E-state index contributed by atoms with van der Waals surface area (Å²) >= 11 is 0. The number of esters is 2. The number of carboxylic acids is 2. The van der Waals surface area contributed by atoms with Gasteiger partial charge in [0.1, 0.15) is 0 Å². The summed E-state index contributed by atoms with van der Waals surface area (Å²) in [6.07, 6.45) is 10.9. The van der Waals surface area contributed by atoms with Crippen molar-refractivity contribution >= 4 is 23.9 Å². The van der Waals surface area contributed by atoms with Gasteiger partial charge >= 0.3 is 23.9 Å². The van der Waals surface area contributed by atoms with Crippen molar-refractivity contribution in [1.82, 2.24) is 0 Å². The summed E-state index contributed by atoms with van der Waals surface area (Å²) in [6.45, 7) is 0.407. The average molecular weight is 432 g/mol. The molecule has 31 heavy (non-hydrogen) atoms. The first kappa shape index (κ1) is 21.6. The van der Waals surface area contributed by atoms with Crippen LogP contribution in [0.4, 0.5) is 0 Å². The fourth-order valence-corrected chi connectivity index (χ4v) is 5.88. The van der Waals surface area contributed by atoms with Gasteiger partial charge < -0.3 is 19.7 Å². The molecule has 4 aliphatic carbocycles. The molecule has 0 aromatic heterocycles. The molecule has 0 aromatic carbocycles. The Morgan fingerprint density at radius 3 is 1.32 bits per heavy atom. The van der Waals surface area contributed by atoms with E-state index in [0.29, 0.717) is 32.1 Å². The number of unbranched alkanes of at least 4 members (excludes halogenated alkanes) is 2. The molecule has 2 fully saturated rings. The Morgan fingerprint density at radius 1 is 0.613 bits per heavy atom. The van der Waals surface area contributed by atoms with Crippen molar-refractivity contribution in [3.63, 3.8) is 0 Å². The van der Waals surface area contributed by atoms with Gasteiger partial charge in [0, 0.05) is 0 Å². The van der Waals surface area contributed by atoms with E-state index in [1.54, 1.807) is 0 Å². The molecule has 8 atom stereocenters. The predicted molar refractivity (Wildman–Crippen MR) is 106 cm³/mol. The third-order valence-corrected chi connectivity index (χ3v) is 7.31. The highest BCUT2D eigenvalue weighted by atomic mass is 16.5. The monoisotopic (exact) mass is 432 g/mol. The molecule has 0 aliphatic heterocycles. The lowest BCUT2D eigenvalue weighted by atomic mass is 9.83. The minimum absolute atomic E-state index is 0.0478. The van der Waals surface area contributed by atoms with E-state index in [1.165, 1.54) is 0 Å². The zero-order chi connectivity index (χ0) is 22.1. The van der Waals surface area contributed by atoms with E-state index in [9.17, 15) is 29.4 Å². The minimum atomic E-state index is -0.947. The third kappa shape index (κ3) is 4.12. The molecule has 4 aliphatic rings. The normalized spacial score (nSPS) is 36.6. The molecule has 0 spiro atoms. The van der Waals surface area contributed by atoms with Gasteiger partial charge in [-0.25, -0.2) is 0 Å². The first-order chi connectivity index (χ1) is 14.9. The van der Waals surface area contributed by atoms with Crippen LogP contribution < -0.4 is 0 Å². The number of carbonyl (C=O) groups is 4. The van der Waals surface area contributed by atoms with E-state index >= 15 is 0 Å². The van der Waals surface area contributed by atoms with Gasteiger partial charge in [0.2, 0.25) is 0 Å².